The number of rotatable bonds is 6. The lowest BCUT2D eigenvalue weighted by atomic mass is 10.0. The summed E-state index contributed by atoms with van der Waals surface area (Å²) in [5, 5.41) is 13.5. The van der Waals surface area contributed by atoms with E-state index in [0.29, 0.717) is 50.3 Å². The number of fused-ring (bicyclic) bond motifs is 1. The molecule has 0 aliphatic heterocycles. The van der Waals surface area contributed by atoms with Crippen molar-refractivity contribution in [3.8, 4) is 17.0 Å². The fraction of sp³-hybridized carbons (Fsp3) is 0.174. The third kappa shape index (κ3) is 4.35. The maximum atomic E-state index is 12.8. The summed E-state index contributed by atoms with van der Waals surface area (Å²) < 4.78 is 12.0. The molecule has 0 atom stereocenters. The van der Waals surface area contributed by atoms with Gasteiger partial charge in [0, 0.05) is 10.6 Å². The van der Waals surface area contributed by atoms with Gasteiger partial charge in [0.2, 0.25) is 0 Å². The van der Waals surface area contributed by atoms with Crippen molar-refractivity contribution in [1.82, 2.24) is 14.6 Å². The molecular weight excluding hydrogens is 444 g/mol. The zero-order valence-corrected chi connectivity index (χ0v) is 19.0. The fourth-order valence-electron chi connectivity index (χ4n) is 3.34. The molecule has 0 amide bonds. The molecule has 9 nitrogen and oxygen atoms in total. The Morgan fingerprint density at radius 3 is 2.45 bits per heavy atom. The molecule has 0 aliphatic rings. The number of benzene rings is 2. The molecule has 2 N–H and O–H groups in total. The zero-order valence-electron chi connectivity index (χ0n) is 18.2. The number of nitrogens with zero attached hydrogens (tertiary/aromatic N) is 5. The van der Waals surface area contributed by atoms with Gasteiger partial charge in [-0.1, -0.05) is 11.6 Å². The van der Waals surface area contributed by atoms with Crippen LogP contribution in [0.15, 0.2) is 58.8 Å². The second kappa shape index (κ2) is 9.25. The average molecular weight is 465 g/mol. The number of methoxy groups -OCH3 is 1. The van der Waals surface area contributed by atoms with E-state index in [9.17, 15) is 4.79 Å². The summed E-state index contributed by atoms with van der Waals surface area (Å²) in [7, 11) is 1.58. The second-order valence-electron chi connectivity index (χ2n) is 7.02. The van der Waals surface area contributed by atoms with Gasteiger partial charge >= 0.3 is 5.97 Å². The minimum atomic E-state index is -0.506. The first-order valence-electron chi connectivity index (χ1n) is 10.1. The highest BCUT2D eigenvalue weighted by Crippen LogP contribution is 2.35. The number of nitrogen functional groups attached to an aromatic ring is 1. The summed E-state index contributed by atoms with van der Waals surface area (Å²) in [5.41, 5.74) is 9.36. The second-order valence-corrected chi connectivity index (χ2v) is 7.45. The van der Waals surface area contributed by atoms with Crippen molar-refractivity contribution in [2.75, 3.05) is 19.5 Å². The maximum absolute atomic E-state index is 12.8. The van der Waals surface area contributed by atoms with Crippen molar-refractivity contribution < 1.29 is 14.3 Å². The number of carbonyl (C=O) groups is 1. The molecule has 0 bridgehead atoms. The van der Waals surface area contributed by atoms with Gasteiger partial charge in [-0.25, -0.2) is 14.3 Å². The molecule has 2 aromatic heterocycles. The van der Waals surface area contributed by atoms with E-state index in [-0.39, 0.29) is 12.4 Å². The normalized spacial score (nSPS) is 11.3. The molecule has 0 radical (unpaired) electrons. The number of anilines is 1. The molecule has 33 heavy (non-hydrogen) atoms. The Bertz CT molecular complexity index is 1350. The number of esters is 1. The highest BCUT2D eigenvalue weighted by molar-refractivity contribution is 6.30. The summed E-state index contributed by atoms with van der Waals surface area (Å²) in [6.07, 6.45) is 0. The van der Waals surface area contributed by atoms with Crippen LogP contribution in [0.5, 0.6) is 5.75 Å². The Hall–Kier alpha value is -3.98. The SMILES string of the molecule is CCOC(=O)c1c(C)nc2c(N=Nc3ccc(Cl)cc3)c(N)nn2c1-c1ccc(OC)cc1. The van der Waals surface area contributed by atoms with E-state index >= 15 is 0 Å². The number of carbonyl (C=O) groups excluding carboxylic acids is 1. The number of halogens is 1. The first-order valence-corrected chi connectivity index (χ1v) is 10.5. The van der Waals surface area contributed by atoms with Gasteiger partial charge in [-0.2, -0.15) is 5.11 Å². The lowest BCUT2D eigenvalue weighted by molar-refractivity contribution is 0.0525. The van der Waals surface area contributed by atoms with Gasteiger partial charge in [-0.3, -0.25) is 0 Å². The largest absolute Gasteiger partial charge is 0.497 e. The van der Waals surface area contributed by atoms with E-state index in [1.807, 2.05) is 12.1 Å². The van der Waals surface area contributed by atoms with E-state index < -0.39 is 5.97 Å². The first kappa shape index (κ1) is 22.2. The lowest BCUT2D eigenvalue weighted by Gasteiger charge is -2.13. The van der Waals surface area contributed by atoms with E-state index in [1.165, 1.54) is 4.52 Å². The predicted molar refractivity (Wildman–Crippen MR) is 126 cm³/mol. The van der Waals surface area contributed by atoms with Crippen molar-refractivity contribution in [3.05, 3.63) is 64.8 Å². The molecule has 10 heteroatoms. The number of ether oxygens (including phenoxy) is 2. The summed E-state index contributed by atoms with van der Waals surface area (Å²) in [5.74, 6) is 0.292. The molecule has 0 fully saturated rings. The number of aryl methyl sites for hydroxylation is 1. The minimum absolute atomic E-state index is 0.121. The van der Waals surface area contributed by atoms with Gasteiger partial charge in [0.25, 0.3) is 0 Å². The monoisotopic (exact) mass is 464 g/mol. The molecule has 0 unspecified atom stereocenters. The van der Waals surface area contributed by atoms with Crippen LogP contribution in [0.1, 0.15) is 23.0 Å². The molecule has 4 rings (SSSR count). The summed E-state index contributed by atoms with van der Waals surface area (Å²) in [6, 6.07) is 14.1. The van der Waals surface area contributed by atoms with Gasteiger partial charge in [-0.05, 0) is 62.4 Å². The summed E-state index contributed by atoms with van der Waals surface area (Å²) in [6.45, 7) is 3.69. The highest BCUT2D eigenvalue weighted by atomic mass is 35.5. The van der Waals surface area contributed by atoms with E-state index in [2.05, 4.69) is 20.3 Å². The van der Waals surface area contributed by atoms with Crippen LogP contribution in [0.25, 0.3) is 16.9 Å². The van der Waals surface area contributed by atoms with E-state index in [1.54, 1.807) is 57.4 Å². The van der Waals surface area contributed by atoms with Crippen molar-refractivity contribution >= 4 is 40.4 Å². The van der Waals surface area contributed by atoms with Crippen LogP contribution in [-0.2, 0) is 4.74 Å². The topological polar surface area (TPSA) is 116 Å². The van der Waals surface area contributed by atoms with Crippen LogP contribution >= 0.6 is 11.6 Å². The van der Waals surface area contributed by atoms with Gasteiger partial charge in [0.05, 0.1) is 30.8 Å². The first-order chi connectivity index (χ1) is 15.9. The standard InChI is InChI=1S/C23H21ClN6O3/c1-4-33-23(31)18-13(2)26-22-19(28-27-16-9-7-15(24)8-10-16)21(25)29-30(22)20(18)14-5-11-17(32-3)12-6-14/h5-12H,4H2,1-3H3,(H2,25,29). The van der Waals surface area contributed by atoms with E-state index in [4.69, 9.17) is 26.8 Å². The van der Waals surface area contributed by atoms with E-state index in [0.717, 1.165) is 0 Å². The van der Waals surface area contributed by atoms with Gasteiger partial charge in [-0.15, -0.1) is 10.2 Å². The Balaban J connectivity index is 1.93. The summed E-state index contributed by atoms with van der Waals surface area (Å²) in [4.78, 5) is 17.4. The molecule has 0 spiro atoms. The smallest absolute Gasteiger partial charge is 0.342 e. The maximum Gasteiger partial charge on any atom is 0.342 e. The van der Waals surface area contributed by atoms with Gasteiger partial charge in [0.15, 0.2) is 17.2 Å². The number of azo groups is 1. The number of hydrogen-bond donors (Lipinski definition) is 1. The van der Waals surface area contributed by atoms with Crippen LogP contribution in [0, 0.1) is 6.92 Å². The molecule has 0 saturated heterocycles. The van der Waals surface area contributed by atoms with Gasteiger partial charge in [0.1, 0.15) is 11.3 Å². The Morgan fingerprint density at radius 1 is 1.12 bits per heavy atom. The van der Waals surface area contributed by atoms with Crippen molar-refractivity contribution in [3.63, 3.8) is 0 Å². The van der Waals surface area contributed by atoms with Crippen LogP contribution < -0.4 is 10.5 Å². The number of aromatic nitrogens is 3. The van der Waals surface area contributed by atoms with Crippen LogP contribution in [0.2, 0.25) is 5.02 Å². The lowest BCUT2D eigenvalue weighted by Crippen LogP contribution is -2.14. The number of nitrogens with two attached hydrogens (primary N) is 1. The third-order valence-corrected chi connectivity index (χ3v) is 5.13. The van der Waals surface area contributed by atoms with Gasteiger partial charge < -0.3 is 15.2 Å². The molecule has 4 aromatic rings. The quantitative estimate of drug-likeness (QED) is 0.295. The number of hydrogen-bond acceptors (Lipinski definition) is 8. The van der Waals surface area contributed by atoms with Crippen LogP contribution in [0.4, 0.5) is 17.2 Å². The Morgan fingerprint density at radius 2 is 1.82 bits per heavy atom. The molecule has 0 saturated carbocycles. The third-order valence-electron chi connectivity index (χ3n) is 4.88. The molecule has 0 aliphatic carbocycles. The molecule has 168 valence electrons. The summed E-state index contributed by atoms with van der Waals surface area (Å²) >= 11 is 5.93. The van der Waals surface area contributed by atoms with Crippen molar-refractivity contribution in [2.45, 2.75) is 13.8 Å². The van der Waals surface area contributed by atoms with Crippen molar-refractivity contribution in [1.29, 1.82) is 0 Å². The zero-order chi connectivity index (χ0) is 23.5. The van der Waals surface area contributed by atoms with Crippen LogP contribution in [0.3, 0.4) is 0 Å². The average Bonchev–Trinajstić information content (AvgIpc) is 3.12. The minimum Gasteiger partial charge on any atom is -0.497 e. The fourth-order valence-corrected chi connectivity index (χ4v) is 3.47. The molecular formula is C23H21ClN6O3. The molecule has 2 aromatic carbocycles. The predicted octanol–water partition coefficient (Wildman–Crippen LogP) is 5.54. The van der Waals surface area contributed by atoms with Crippen LogP contribution in [-0.4, -0.2) is 34.3 Å². The highest BCUT2D eigenvalue weighted by Gasteiger charge is 2.25. The van der Waals surface area contributed by atoms with Crippen molar-refractivity contribution in [2.24, 2.45) is 10.2 Å². The molecule has 2 heterocycles. The Labute approximate surface area is 194 Å². The Kier molecular flexibility index (Phi) is 6.23.